The van der Waals surface area contributed by atoms with Crippen LogP contribution >= 0.6 is 12.6 Å². The molecule has 0 aromatic rings. The van der Waals surface area contributed by atoms with E-state index in [1.54, 1.807) is 0 Å². The van der Waals surface area contributed by atoms with Crippen LogP contribution in [-0.4, -0.2) is 30.3 Å². The van der Waals surface area contributed by atoms with Gasteiger partial charge >= 0.3 is 0 Å². The second kappa shape index (κ2) is 7.36. The molecule has 0 unspecified atom stereocenters. The number of hydrogen-bond donors (Lipinski definition) is 1. The van der Waals surface area contributed by atoms with E-state index in [0.29, 0.717) is 5.41 Å². The van der Waals surface area contributed by atoms with Crippen LogP contribution in [0.3, 0.4) is 0 Å². The summed E-state index contributed by atoms with van der Waals surface area (Å²) in [5.74, 6) is 3.12. The maximum atomic E-state index is 4.73. The maximum Gasteiger partial charge on any atom is 0.00460 e. The van der Waals surface area contributed by atoms with Crippen LogP contribution in [0.2, 0.25) is 0 Å². The summed E-state index contributed by atoms with van der Waals surface area (Å²) in [7, 11) is 0. The molecular formula is C17H33NS. The molecule has 112 valence electrons. The van der Waals surface area contributed by atoms with Crippen LogP contribution in [0.5, 0.6) is 0 Å². The third-order valence-corrected chi connectivity index (χ3v) is 5.55. The van der Waals surface area contributed by atoms with Crippen molar-refractivity contribution in [1.29, 1.82) is 0 Å². The van der Waals surface area contributed by atoms with E-state index in [0.717, 1.165) is 17.6 Å². The Morgan fingerprint density at radius 2 is 1.42 bits per heavy atom. The molecule has 0 spiro atoms. The Morgan fingerprint density at radius 3 is 1.74 bits per heavy atom. The SMILES string of the molecule is CCCC(CS)(CCC)CN(CC1CC1)CC1CC1. The largest absolute Gasteiger partial charge is 0.302 e. The number of hydrogen-bond acceptors (Lipinski definition) is 2. The average molecular weight is 284 g/mol. The van der Waals surface area contributed by atoms with Crippen LogP contribution in [0.25, 0.3) is 0 Å². The summed E-state index contributed by atoms with van der Waals surface area (Å²) >= 11 is 4.73. The molecule has 0 aromatic heterocycles. The molecule has 2 aliphatic carbocycles. The van der Waals surface area contributed by atoms with Crippen molar-refractivity contribution in [2.45, 2.75) is 65.2 Å². The van der Waals surface area contributed by atoms with Gasteiger partial charge in [-0.2, -0.15) is 12.6 Å². The van der Waals surface area contributed by atoms with Gasteiger partial charge in [-0.3, -0.25) is 0 Å². The van der Waals surface area contributed by atoms with E-state index in [1.165, 1.54) is 71.0 Å². The molecule has 19 heavy (non-hydrogen) atoms. The van der Waals surface area contributed by atoms with Gasteiger partial charge in [-0.15, -0.1) is 0 Å². The van der Waals surface area contributed by atoms with Gasteiger partial charge in [0.2, 0.25) is 0 Å². The summed E-state index contributed by atoms with van der Waals surface area (Å²) in [6, 6.07) is 0. The van der Waals surface area contributed by atoms with Crippen LogP contribution in [-0.2, 0) is 0 Å². The van der Waals surface area contributed by atoms with Crippen molar-refractivity contribution in [3.05, 3.63) is 0 Å². The van der Waals surface area contributed by atoms with Crippen molar-refractivity contribution in [3.63, 3.8) is 0 Å². The first-order valence-corrected chi connectivity index (χ1v) is 9.18. The lowest BCUT2D eigenvalue weighted by atomic mass is 9.80. The van der Waals surface area contributed by atoms with Crippen LogP contribution in [0, 0.1) is 17.3 Å². The van der Waals surface area contributed by atoms with Gasteiger partial charge in [0.15, 0.2) is 0 Å². The molecule has 0 saturated heterocycles. The second-order valence-corrected chi connectivity index (χ2v) is 7.56. The van der Waals surface area contributed by atoms with Crippen molar-refractivity contribution in [2.75, 3.05) is 25.4 Å². The quantitative estimate of drug-likeness (QED) is 0.541. The zero-order valence-corrected chi connectivity index (χ0v) is 13.9. The molecule has 2 saturated carbocycles. The lowest BCUT2D eigenvalue weighted by Gasteiger charge is -2.38. The number of rotatable bonds is 11. The number of nitrogens with zero attached hydrogens (tertiary/aromatic N) is 1. The predicted molar refractivity (Wildman–Crippen MR) is 88.0 cm³/mol. The van der Waals surface area contributed by atoms with Gasteiger partial charge in [-0.1, -0.05) is 26.7 Å². The standard InChI is InChI=1S/C17H33NS/c1-3-9-17(14-19,10-4-2)13-18(11-15-5-6-15)12-16-7-8-16/h15-16,19H,3-14H2,1-2H3. The molecule has 2 aliphatic rings. The summed E-state index contributed by atoms with van der Waals surface area (Å²) in [4.78, 5) is 2.82. The average Bonchev–Trinajstić information content (AvgIpc) is 3.26. The highest BCUT2D eigenvalue weighted by Gasteiger charge is 2.34. The van der Waals surface area contributed by atoms with E-state index in [2.05, 4.69) is 18.7 Å². The van der Waals surface area contributed by atoms with E-state index in [4.69, 9.17) is 12.6 Å². The number of thiol groups is 1. The molecule has 0 bridgehead atoms. The smallest absolute Gasteiger partial charge is 0.00460 e. The topological polar surface area (TPSA) is 3.24 Å². The molecule has 1 nitrogen and oxygen atoms in total. The fourth-order valence-electron chi connectivity index (χ4n) is 3.56. The van der Waals surface area contributed by atoms with E-state index >= 15 is 0 Å². The van der Waals surface area contributed by atoms with Crippen LogP contribution in [0.1, 0.15) is 65.2 Å². The second-order valence-electron chi connectivity index (χ2n) is 7.24. The first kappa shape index (κ1) is 15.7. The van der Waals surface area contributed by atoms with Crippen LogP contribution in [0.4, 0.5) is 0 Å². The minimum Gasteiger partial charge on any atom is -0.302 e. The molecule has 2 rings (SSSR count). The Bertz CT molecular complexity index is 238. The van der Waals surface area contributed by atoms with E-state index in [9.17, 15) is 0 Å². The van der Waals surface area contributed by atoms with Crippen LogP contribution < -0.4 is 0 Å². The lowest BCUT2D eigenvalue weighted by Crippen LogP contribution is -2.41. The Balaban J connectivity index is 1.92. The lowest BCUT2D eigenvalue weighted by molar-refractivity contribution is 0.137. The van der Waals surface area contributed by atoms with Crippen molar-refractivity contribution >= 4 is 12.6 Å². The Morgan fingerprint density at radius 1 is 0.947 bits per heavy atom. The third-order valence-electron chi connectivity index (χ3n) is 4.88. The summed E-state index contributed by atoms with van der Waals surface area (Å²) in [6.07, 6.45) is 11.3. The van der Waals surface area contributed by atoms with Gasteiger partial charge in [0.25, 0.3) is 0 Å². The van der Waals surface area contributed by atoms with Gasteiger partial charge in [-0.25, -0.2) is 0 Å². The van der Waals surface area contributed by atoms with E-state index in [1.807, 2.05) is 0 Å². The predicted octanol–water partition coefficient (Wildman–Crippen LogP) is 4.62. The molecular weight excluding hydrogens is 250 g/mol. The highest BCUT2D eigenvalue weighted by atomic mass is 32.1. The van der Waals surface area contributed by atoms with Crippen molar-refractivity contribution < 1.29 is 0 Å². The summed E-state index contributed by atoms with van der Waals surface area (Å²) < 4.78 is 0. The highest BCUT2D eigenvalue weighted by Crippen LogP contribution is 2.38. The van der Waals surface area contributed by atoms with Crippen molar-refractivity contribution in [3.8, 4) is 0 Å². The Hall–Kier alpha value is 0.310. The molecule has 0 heterocycles. The summed E-state index contributed by atoms with van der Waals surface area (Å²) in [6.45, 7) is 8.73. The molecule has 0 aliphatic heterocycles. The third kappa shape index (κ3) is 5.30. The first-order valence-electron chi connectivity index (χ1n) is 8.54. The van der Waals surface area contributed by atoms with Gasteiger partial charge in [0, 0.05) is 19.6 Å². The summed E-state index contributed by atoms with van der Waals surface area (Å²) in [5, 5.41) is 0. The van der Waals surface area contributed by atoms with Crippen molar-refractivity contribution in [1.82, 2.24) is 4.90 Å². The minimum absolute atomic E-state index is 0.483. The first-order chi connectivity index (χ1) is 9.21. The molecule has 2 fully saturated rings. The van der Waals surface area contributed by atoms with Gasteiger partial charge in [-0.05, 0) is 61.5 Å². The monoisotopic (exact) mass is 283 g/mol. The maximum absolute atomic E-state index is 4.73. The van der Waals surface area contributed by atoms with Crippen molar-refractivity contribution in [2.24, 2.45) is 17.3 Å². The van der Waals surface area contributed by atoms with Crippen LogP contribution in [0.15, 0.2) is 0 Å². The zero-order valence-electron chi connectivity index (χ0n) is 13.0. The summed E-state index contributed by atoms with van der Waals surface area (Å²) in [5.41, 5.74) is 0.483. The Kier molecular flexibility index (Phi) is 6.08. The Labute approximate surface area is 125 Å². The van der Waals surface area contributed by atoms with Gasteiger partial charge in [0.1, 0.15) is 0 Å². The fourth-order valence-corrected chi connectivity index (χ4v) is 3.98. The zero-order chi connectivity index (χ0) is 13.7. The highest BCUT2D eigenvalue weighted by molar-refractivity contribution is 7.80. The molecule has 2 heteroatoms. The molecule has 0 amide bonds. The normalized spacial score (nSPS) is 20.2. The molecule has 0 N–H and O–H groups in total. The van der Waals surface area contributed by atoms with E-state index in [-0.39, 0.29) is 0 Å². The molecule has 0 aromatic carbocycles. The molecule has 0 atom stereocenters. The fraction of sp³-hybridized carbons (Fsp3) is 1.00. The minimum atomic E-state index is 0.483. The van der Waals surface area contributed by atoms with Gasteiger partial charge in [0.05, 0.1) is 0 Å². The molecule has 0 radical (unpaired) electrons. The van der Waals surface area contributed by atoms with E-state index < -0.39 is 0 Å². The van der Waals surface area contributed by atoms with Gasteiger partial charge < -0.3 is 4.90 Å².